The van der Waals surface area contributed by atoms with Crippen molar-refractivity contribution in [3.8, 4) is 5.75 Å². The number of methoxy groups -OCH3 is 1. The van der Waals surface area contributed by atoms with Crippen LogP contribution in [0, 0.1) is 0 Å². The number of aryl methyl sites for hydroxylation is 1. The maximum absolute atomic E-state index is 12.0. The summed E-state index contributed by atoms with van der Waals surface area (Å²) in [5, 5.41) is 0. The van der Waals surface area contributed by atoms with Crippen molar-refractivity contribution in [2.24, 2.45) is 0 Å². The van der Waals surface area contributed by atoms with Crippen molar-refractivity contribution in [3.05, 3.63) is 51.7 Å². The third-order valence-electron chi connectivity index (χ3n) is 3.17. The predicted octanol–water partition coefficient (Wildman–Crippen LogP) is 3.76. The lowest BCUT2D eigenvalue weighted by Crippen LogP contribution is -2.10. The molecule has 0 unspecified atom stereocenters. The zero-order valence-corrected chi connectivity index (χ0v) is 13.2. The maximum atomic E-state index is 12.0. The second-order valence-electron chi connectivity index (χ2n) is 4.72. The highest BCUT2D eigenvalue weighted by Crippen LogP contribution is 2.18. The highest BCUT2D eigenvalue weighted by Gasteiger charge is 2.09. The van der Waals surface area contributed by atoms with Gasteiger partial charge in [-0.25, -0.2) is 0 Å². The molecule has 21 heavy (non-hydrogen) atoms. The van der Waals surface area contributed by atoms with Crippen LogP contribution in [-0.2, 0) is 17.6 Å². The summed E-state index contributed by atoms with van der Waals surface area (Å²) in [5.74, 6) is 0.750. The summed E-state index contributed by atoms with van der Waals surface area (Å²) in [6.45, 7) is 2.87. The smallest absolute Gasteiger partial charge is 0.210 e. The Morgan fingerprint density at radius 2 is 1.90 bits per heavy atom. The fourth-order valence-electron chi connectivity index (χ4n) is 1.91. The third-order valence-corrected chi connectivity index (χ3v) is 4.44. The van der Waals surface area contributed by atoms with E-state index in [1.54, 1.807) is 18.4 Å². The predicted molar refractivity (Wildman–Crippen MR) is 85.5 cm³/mol. The van der Waals surface area contributed by atoms with E-state index in [0.29, 0.717) is 6.61 Å². The molecular weight excluding hydrogens is 284 g/mol. The fourth-order valence-corrected chi connectivity index (χ4v) is 2.78. The largest absolute Gasteiger partial charge is 0.485 e. The van der Waals surface area contributed by atoms with Gasteiger partial charge in [-0.2, -0.15) is 0 Å². The summed E-state index contributed by atoms with van der Waals surface area (Å²) in [6, 6.07) is 11.7. The number of carbonyl (C=O) groups is 1. The third kappa shape index (κ3) is 4.69. The summed E-state index contributed by atoms with van der Waals surface area (Å²) in [7, 11) is 1.69. The molecule has 1 aromatic heterocycles. The van der Waals surface area contributed by atoms with Crippen molar-refractivity contribution < 1.29 is 14.3 Å². The Kier molecular flexibility index (Phi) is 5.96. The van der Waals surface area contributed by atoms with Crippen LogP contribution in [0.5, 0.6) is 5.75 Å². The first-order valence-electron chi connectivity index (χ1n) is 7.05. The zero-order chi connectivity index (χ0) is 15.1. The minimum atomic E-state index is 0.0307. The van der Waals surface area contributed by atoms with Gasteiger partial charge in [0.15, 0.2) is 6.61 Å². The lowest BCUT2D eigenvalue weighted by molar-refractivity contribution is 0.0925. The van der Waals surface area contributed by atoms with E-state index in [1.165, 1.54) is 10.4 Å². The van der Waals surface area contributed by atoms with E-state index in [1.807, 2.05) is 36.4 Å². The number of hydrogen-bond acceptors (Lipinski definition) is 4. The van der Waals surface area contributed by atoms with Gasteiger partial charge in [0.2, 0.25) is 5.78 Å². The highest BCUT2D eigenvalue weighted by atomic mass is 32.1. The molecule has 0 saturated heterocycles. The molecule has 0 N–H and O–H groups in total. The van der Waals surface area contributed by atoms with Crippen molar-refractivity contribution in [3.63, 3.8) is 0 Å². The van der Waals surface area contributed by atoms with Gasteiger partial charge in [-0.15, -0.1) is 11.3 Å². The quantitative estimate of drug-likeness (QED) is 0.697. The van der Waals surface area contributed by atoms with E-state index in [0.717, 1.165) is 23.5 Å². The number of rotatable bonds is 8. The molecule has 0 bridgehead atoms. The van der Waals surface area contributed by atoms with Gasteiger partial charge in [0.1, 0.15) is 5.75 Å². The highest BCUT2D eigenvalue weighted by molar-refractivity contribution is 7.14. The topological polar surface area (TPSA) is 35.5 Å². The molecule has 1 aromatic carbocycles. The number of ketones is 1. The number of benzene rings is 1. The van der Waals surface area contributed by atoms with E-state index >= 15 is 0 Å². The van der Waals surface area contributed by atoms with Crippen LogP contribution in [0.3, 0.4) is 0 Å². The summed E-state index contributed by atoms with van der Waals surface area (Å²) in [5.41, 5.74) is 1.20. The number of thiophene rings is 1. The van der Waals surface area contributed by atoms with Gasteiger partial charge in [0.05, 0.1) is 11.5 Å². The first-order valence-corrected chi connectivity index (χ1v) is 7.87. The van der Waals surface area contributed by atoms with E-state index < -0.39 is 0 Å². The van der Waals surface area contributed by atoms with Gasteiger partial charge in [0.25, 0.3) is 0 Å². The van der Waals surface area contributed by atoms with Crippen LogP contribution in [0.2, 0.25) is 0 Å². The SMILES string of the molecule is CCc1ccc(C(=O)COc2ccc(CCOC)cc2)s1. The van der Waals surface area contributed by atoms with E-state index in [2.05, 4.69) is 6.92 Å². The van der Waals surface area contributed by atoms with Crippen molar-refractivity contribution in [2.75, 3.05) is 20.3 Å². The molecule has 2 aromatic rings. The monoisotopic (exact) mass is 304 g/mol. The van der Waals surface area contributed by atoms with Crippen LogP contribution in [0.4, 0.5) is 0 Å². The minimum Gasteiger partial charge on any atom is -0.485 e. The van der Waals surface area contributed by atoms with E-state index in [9.17, 15) is 4.79 Å². The van der Waals surface area contributed by atoms with Gasteiger partial charge in [-0.05, 0) is 42.7 Å². The first kappa shape index (κ1) is 15.7. The number of hydrogen-bond donors (Lipinski definition) is 0. The van der Waals surface area contributed by atoms with Gasteiger partial charge in [0, 0.05) is 12.0 Å². The number of Topliss-reactive ketones (excluding diaryl/α,β-unsaturated/α-hetero) is 1. The van der Waals surface area contributed by atoms with E-state index in [-0.39, 0.29) is 12.4 Å². The van der Waals surface area contributed by atoms with Gasteiger partial charge in [-0.3, -0.25) is 4.79 Å². The molecule has 4 heteroatoms. The Balaban J connectivity index is 1.86. The molecule has 0 aliphatic carbocycles. The second-order valence-corrected chi connectivity index (χ2v) is 5.89. The average molecular weight is 304 g/mol. The average Bonchev–Trinajstić information content (AvgIpc) is 3.00. The summed E-state index contributed by atoms with van der Waals surface area (Å²) >= 11 is 1.54. The lowest BCUT2D eigenvalue weighted by Gasteiger charge is -2.06. The molecule has 0 fully saturated rings. The van der Waals surface area contributed by atoms with Crippen LogP contribution >= 0.6 is 11.3 Å². The number of carbonyl (C=O) groups excluding carboxylic acids is 1. The van der Waals surface area contributed by atoms with Crippen molar-refractivity contribution in [2.45, 2.75) is 19.8 Å². The molecule has 1 heterocycles. The maximum Gasteiger partial charge on any atom is 0.210 e. The molecule has 0 spiro atoms. The molecule has 0 aliphatic rings. The fraction of sp³-hybridized carbons (Fsp3) is 0.353. The standard InChI is InChI=1S/C17H20O3S/c1-3-15-8-9-17(21-15)16(18)12-20-14-6-4-13(5-7-14)10-11-19-2/h4-9H,3,10-12H2,1-2H3. The summed E-state index contributed by atoms with van der Waals surface area (Å²) < 4.78 is 10.6. The molecule has 3 nitrogen and oxygen atoms in total. The van der Waals surface area contributed by atoms with Gasteiger partial charge >= 0.3 is 0 Å². The number of ether oxygens (including phenoxy) is 2. The Morgan fingerprint density at radius 1 is 1.14 bits per heavy atom. The molecule has 0 aliphatic heterocycles. The minimum absolute atomic E-state index is 0.0307. The van der Waals surface area contributed by atoms with Gasteiger partial charge in [-0.1, -0.05) is 19.1 Å². The second kappa shape index (κ2) is 7.96. The van der Waals surface area contributed by atoms with Crippen LogP contribution in [0.15, 0.2) is 36.4 Å². The molecule has 112 valence electrons. The lowest BCUT2D eigenvalue weighted by atomic mass is 10.1. The normalized spacial score (nSPS) is 10.6. The molecule has 0 radical (unpaired) electrons. The Labute approximate surface area is 129 Å². The van der Waals surface area contributed by atoms with Crippen molar-refractivity contribution in [1.29, 1.82) is 0 Å². The Morgan fingerprint density at radius 3 is 2.52 bits per heavy atom. The molecule has 0 atom stereocenters. The Bertz CT molecular complexity index is 572. The Hall–Kier alpha value is -1.65. The van der Waals surface area contributed by atoms with Crippen molar-refractivity contribution >= 4 is 17.1 Å². The van der Waals surface area contributed by atoms with Gasteiger partial charge < -0.3 is 9.47 Å². The van der Waals surface area contributed by atoms with E-state index in [4.69, 9.17) is 9.47 Å². The molecule has 2 rings (SSSR count). The molecule has 0 saturated carbocycles. The zero-order valence-electron chi connectivity index (χ0n) is 12.4. The molecular formula is C17H20O3S. The van der Waals surface area contributed by atoms with Crippen LogP contribution in [-0.4, -0.2) is 26.1 Å². The molecule has 0 amide bonds. The van der Waals surface area contributed by atoms with Crippen molar-refractivity contribution in [1.82, 2.24) is 0 Å². The summed E-state index contributed by atoms with van der Waals surface area (Å²) in [6.07, 6.45) is 1.84. The first-order chi connectivity index (χ1) is 10.2. The van der Waals surface area contributed by atoms with Crippen LogP contribution in [0.25, 0.3) is 0 Å². The van der Waals surface area contributed by atoms with Crippen LogP contribution < -0.4 is 4.74 Å². The summed E-state index contributed by atoms with van der Waals surface area (Å²) in [4.78, 5) is 14.0. The van der Waals surface area contributed by atoms with Crippen LogP contribution in [0.1, 0.15) is 27.0 Å².